The lowest BCUT2D eigenvalue weighted by Gasteiger charge is -2.22. The van der Waals surface area contributed by atoms with Gasteiger partial charge in [-0.2, -0.15) is 0 Å². The molecule has 0 N–H and O–H groups in total. The molecule has 0 aliphatic carbocycles. The molecule has 0 bridgehead atoms. The first kappa shape index (κ1) is 10.3. The van der Waals surface area contributed by atoms with E-state index in [1.165, 1.54) is 21.3 Å². The van der Waals surface area contributed by atoms with Gasteiger partial charge in [0.1, 0.15) is 5.32 Å². The van der Waals surface area contributed by atoms with E-state index < -0.39 is 8.80 Å². The molecule has 0 fully saturated rings. The van der Waals surface area contributed by atoms with Crippen molar-refractivity contribution in [2.24, 2.45) is 0 Å². The van der Waals surface area contributed by atoms with Gasteiger partial charge >= 0.3 is 8.80 Å². The van der Waals surface area contributed by atoms with Crippen molar-refractivity contribution < 1.29 is 13.3 Å². The van der Waals surface area contributed by atoms with Crippen molar-refractivity contribution in [1.82, 2.24) is 9.97 Å². The van der Waals surface area contributed by atoms with Crippen LogP contribution in [-0.2, 0) is 13.3 Å². The molecule has 13 heavy (non-hydrogen) atoms. The first-order chi connectivity index (χ1) is 6.29. The van der Waals surface area contributed by atoms with E-state index in [0.29, 0.717) is 5.32 Å². The van der Waals surface area contributed by atoms with Crippen molar-refractivity contribution in [2.75, 3.05) is 21.3 Å². The third-order valence-electron chi connectivity index (χ3n) is 1.68. The molecule has 1 aromatic heterocycles. The van der Waals surface area contributed by atoms with Crippen molar-refractivity contribution in [3.63, 3.8) is 0 Å². The summed E-state index contributed by atoms with van der Waals surface area (Å²) in [5.74, 6) is 0. The second kappa shape index (κ2) is 4.42. The van der Waals surface area contributed by atoms with E-state index in [-0.39, 0.29) is 0 Å². The van der Waals surface area contributed by atoms with Crippen LogP contribution in [0.25, 0.3) is 0 Å². The van der Waals surface area contributed by atoms with Gasteiger partial charge in [-0.05, 0) is 0 Å². The van der Waals surface area contributed by atoms with Gasteiger partial charge in [-0.1, -0.05) is 0 Å². The van der Waals surface area contributed by atoms with Crippen LogP contribution >= 0.6 is 0 Å². The van der Waals surface area contributed by atoms with Gasteiger partial charge in [-0.25, -0.2) is 0 Å². The highest BCUT2D eigenvalue weighted by molar-refractivity contribution is 6.74. The largest absolute Gasteiger partial charge is 0.557 e. The molecule has 0 amide bonds. The molecule has 0 spiro atoms. The second-order valence-electron chi connectivity index (χ2n) is 2.26. The molecule has 1 heterocycles. The number of hydrogen-bond donors (Lipinski definition) is 0. The van der Waals surface area contributed by atoms with Crippen molar-refractivity contribution in [1.29, 1.82) is 0 Å². The van der Waals surface area contributed by atoms with E-state index in [1.54, 1.807) is 18.6 Å². The summed E-state index contributed by atoms with van der Waals surface area (Å²) in [6.07, 6.45) is 4.75. The second-order valence-corrected chi connectivity index (χ2v) is 5.11. The molecule has 0 atom stereocenters. The summed E-state index contributed by atoms with van der Waals surface area (Å²) in [5, 5.41) is 0.613. The Balaban J connectivity index is 3.01. The fourth-order valence-corrected chi connectivity index (χ4v) is 2.61. The summed E-state index contributed by atoms with van der Waals surface area (Å²) in [6, 6.07) is 0. The van der Waals surface area contributed by atoms with Crippen molar-refractivity contribution in [3.05, 3.63) is 18.6 Å². The molecule has 0 aromatic carbocycles. The first-order valence-electron chi connectivity index (χ1n) is 3.71. The van der Waals surface area contributed by atoms with Crippen molar-refractivity contribution in [2.45, 2.75) is 0 Å². The molecule has 1 rings (SSSR count). The monoisotopic (exact) mass is 200 g/mol. The normalized spacial score (nSPS) is 11.6. The van der Waals surface area contributed by atoms with Gasteiger partial charge in [-0.15, -0.1) is 0 Å². The minimum Gasteiger partial charge on any atom is -0.372 e. The Morgan fingerprint density at radius 3 is 2.08 bits per heavy atom. The summed E-state index contributed by atoms with van der Waals surface area (Å²) in [4.78, 5) is 8.01. The number of hydrogen-bond acceptors (Lipinski definition) is 5. The van der Waals surface area contributed by atoms with E-state index >= 15 is 0 Å². The van der Waals surface area contributed by atoms with Crippen LogP contribution in [0.4, 0.5) is 0 Å². The molecule has 0 radical (unpaired) electrons. The molecule has 5 nitrogen and oxygen atoms in total. The molecule has 0 saturated carbocycles. The zero-order valence-electron chi connectivity index (χ0n) is 7.85. The lowest BCUT2D eigenvalue weighted by Crippen LogP contribution is -2.56. The van der Waals surface area contributed by atoms with Crippen LogP contribution in [0.5, 0.6) is 0 Å². The van der Waals surface area contributed by atoms with Gasteiger partial charge in [0, 0.05) is 33.7 Å². The Morgan fingerprint density at radius 2 is 1.69 bits per heavy atom. The summed E-state index contributed by atoms with van der Waals surface area (Å²) < 4.78 is 15.6. The smallest absolute Gasteiger partial charge is 0.372 e. The minimum atomic E-state index is -2.77. The highest BCUT2D eigenvalue weighted by Crippen LogP contribution is 2.03. The van der Waals surface area contributed by atoms with E-state index in [4.69, 9.17) is 13.3 Å². The van der Waals surface area contributed by atoms with Crippen LogP contribution in [0.15, 0.2) is 18.6 Å². The van der Waals surface area contributed by atoms with Crippen LogP contribution in [0.2, 0.25) is 0 Å². The number of rotatable bonds is 4. The first-order valence-corrected chi connectivity index (χ1v) is 5.43. The molecule has 0 aliphatic heterocycles. The quantitative estimate of drug-likeness (QED) is 0.617. The van der Waals surface area contributed by atoms with Crippen LogP contribution in [0, 0.1) is 0 Å². The lowest BCUT2D eigenvalue weighted by atomic mass is 10.8. The molecule has 72 valence electrons. The average molecular weight is 200 g/mol. The van der Waals surface area contributed by atoms with Gasteiger partial charge in [-0.3, -0.25) is 9.97 Å². The summed E-state index contributed by atoms with van der Waals surface area (Å²) in [6.45, 7) is 0. The summed E-state index contributed by atoms with van der Waals surface area (Å²) in [5.41, 5.74) is 0. The van der Waals surface area contributed by atoms with Gasteiger partial charge < -0.3 is 13.3 Å². The van der Waals surface area contributed by atoms with Gasteiger partial charge in [0.15, 0.2) is 0 Å². The predicted molar refractivity (Wildman–Crippen MR) is 48.4 cm³/mol. The predicted octanol–water partition coefficient (Wildman–Crippen LogP) is -0.438. The maximum absolute atomic E-state index is 5.21. The fourth-order valence-electron chi connectivity index (χ4n) is 1.02. The van der Waals surface area contributed by atoms with E-state index in [1.807, 2.05) is 0 Å². The van der Waals surface area contributed by atoms with E-state index in [0.717, 1.165) is 0 Å². The molecule has 1 aromatic rings. The molecule has 0 aliphatic rings. The van der Waals surface area contributed by atoms with Crippen LogP contribution in [0.1, 0.15) is 0 Å². The maximum Gasteiger partial charge on any atom is 0.557 e. The standard InChI is InChI=1S/C7H12N2O3Si/c1-10-13(11-2,12-3)7-6-8-4-5-9-7/h4-6H,1-3H3. The zero-order chi connectivity index (χ0) is 9.73. The average Bonchev–Trinajstić information content (AvgIpc) is 2.23. The number of nitrogens with zero attached hydrogens (tertiary/aromatic N) is 2. The Hall–Kier alpha value is -0.823. The topological polar surface area (TPSA) is 53.5 Å². The Labute approximate surface area is 78.1 Å². The van der Waals surface area contributed by atoms with Crippen LogP contribution in [0.3, 0.4) is 0 Å². The van der Waals surface area contributed by atoms with Crippen molar-refractivity contribution in [3.8, 4) is 0 Å². The Morgan fingerprint density at radius 1 is 1.08 bits per heavy atom. The fraction of sp³-hybridized carbons (Fsp3) is 0.429. The Kier molecular flexibility index (Phi) is 3.49. The highest BCUT2D eigenvalue weighted by Gasteiger charge is 2.42. The van der Waals surface area contributed by atoms with Crippen LogP contribution in [-0.4, -0.2) is 40.1 Å². The summed E-state index contributed by atoms with van der Waals surface area (Å²) in [7, 11) is 1.84. The number of aromatic nitrogens is 2. The van der Waals surface area contributed by atoms with Crippen LogP contribution < -0.4 is 5.32 Å². The lowest BCUT2D eigenvalue weighted by molar-refractivity contribution is 0.139. The summed E-state index contributed by atoms with van der Waals surface area (Å²) >= 11 is 0. The molecule has 0 saturated heterocycles. The molecular formula is C7H12N2O3Si. The molecular weight excluding hydrogens is 188 g/mol. The molecule has 0 unspecified atom stereocenters. The van der Waals surface area contributed by atoms with Crippen molar-refractivity contribution >= 4 is 14.1 Å². The third-order valence-corrected chi connectivity index (χ3v) is 4.18. The zero-order valence-corrected chi connectivity index (χ0v) is 8.85. The van der Waals surface area contributed by atoms with Gasteiger partial charge in [0.25, 0.3) is 0 Å². The van der Waals surface area contributed by atoms with E-state index in [2.05, 4.69) is 9.97 Å². The van der Waals surface area contributed by atoms with E-state index in [9.17, 15) is 0 Å². The molecule has 6 heteroatoms. The minimum absolute atomic E-state index is 0.613. The van der Waals surface area contributed by atoms with Gasteiger partial charge in [0.2, 0.25) is 0 Å². The van der Waals surface area contributed by atoms with Gasteiger partial charge in [0.05, 0.1) is 6.20 Å². The highest BCUT2D eigenvalue weighted by atomic mass is 28.4. The Bertz CT molecular complexity index is 245. The SMILES string of the molecule is CO[Si](OC)(OC)c1cnccn1. The maximum atomic E-state index is 5.21. The third kappa shape index (κ3) is 1.91.